The number of alkyl halides is 1. The smallest absolute Gasteiger partial charge is 0.404 e. The molecule has 0 heterocycles. The van der Waals surface area contributed by atoms with Gasteiger partial charge in [0.25, 0.3) is 0 Å². The number of benzene rings is 1. The highest BCUT2D eigenvalue weighted by molar-refractivity contribution is 6.18. The Balaban J connectivity index is 2.72. The van der Waals surface area contributed by atoms with E-state index in [-0.39, 0.29) is 12.4 Å². The molecule has 1 atom stereocenters. The largest absolute Gasteiger partial charge is 0.465 e. The van der Waals surface area contributed by atoms with Gasteiger partial charge in [-0.15, -0.1) is 11.6 Å². The van der Waals surface area contributed by atoms with Crippen LogP contribution < -0.4 is 10.1 Å². The third-order valence-corrected chi connectivity index (χ3v) is 2.30. The van der Waals surface area contributed by atoms with E-state index in [0.717, 1.165) is 5.56 Å². The summed E-state index contributed by atoms with van der Waals surface area (Å²) < 4.78 is 10.5. The Bertz CT molecular complexity index is 368. The van der Waals surface area contributed by atoms with E-state index in [4.69, 9.17) is 26.2 Å². The van der Waals surface area contributed by atoms with Gasteiger partial charge in [-0.05, 0) is 6.07 Å². The standard InChI is InChI=1S/C11H14ClNO4/c1-16-10(6-12)17-9-5-3-2-4-8(9)7-13-11(14)15/h2-5,10,13H,6-7H2,1H3,(H,14,15). The SMILES string of the molecule is COC(CCl)Oc1ccccc1CNC(=O)O. The van der Waals surface area contributed by atoms with Crippen LogP contribution in [0.3, 0.4) is 0 Å². The van der Waals surface area contributed by atoms with Gasteiger partial charge < -0.3 is 19.9 Å². The van der Waals surface area contributed by atoms with Crippen molar-refractivity contribution in [1.29, 1.82) is 0 Å². The Labute approximate surface area is 104 Å². The normalized spacial score (nSPS) is 11.9. The second-order valence-electron chi connectivity index (χ2n) is 3.20. The van der Waals surface area contributed by atoms with Crippen LogP contribution in [0, 0.1) is 0 Å². The number of carbonyl (C=O) groups is 1. The van der Waals surface area contributed by atoms with E-state index in [2.05, 4.69) is 5.32 Å². The van der Waals surface area contributed by atoms with Gasteiger partial charge in [-0.2, -0.15) is 0 Å². The summed E-state index contributed by atoms with van der Waals surface area (Å²) in [5, 5.41) is 10.8. The van der Waals surface area contributed by atoms with Crippen LogP contribution in [0.25, 0.3) is 0 Å². The number of nitrogens with one attached hydrogen (secondary N) is 1. The van der Waals surface area contributed by atoms with E-state index >= 15 is 0 Å². The van der Waals surface area contributed by atoms with Crippen LogP contribution in [0.2, 0.25) is 0 Å². The summed E-state index contributed by atoms with van der Waals surface area (Å²) in [6.07, 6.45) is -1.64. The minimum absolute atomic E-state index is 0.171. The second-order valence-corrected chi connectivity index (χ2v) is 3.51. The molecule has 1 aromatic rings. The van der Waals surface area contributed by atoms with Crippen LogP contribution in [0.4, 0.5) is 4.79 Å². The van der Waals surface area contributed by atoms with Crippen molar-refractivity contribution >= 4 is 17.7 Å². The molecule has 0 saturated heterocycles. The van der Waals surface area contributed by atoms with Crippen LogP contribution >= 0.6 is 11.6 Å². The summed E-state index contributed by atoms with van der Waals surface area (Å²) in [4.78, 5) is 10.4. The summed E-state index contributed by atoms with van der Waals surface area (Å²) >= 11 is 5.64. The van der Waals surface area contributed by atoms with Crippen LogP contribution in [-0.2, 0) is 11.3 Å². The Hall–Kier alpha value is -1.46. The molecule has 0 fully saturated rings. The molecular weight excluding hydrogens is 246 g/mol. The lowest BCUT2D eigenvalue weighted by molar-refractivity contribution is -0.0361. The monoisotopic (exact) mass is 259 g/mol. The molecule has 0 aliphatic rings. The summed E-state index contributed by atoms with van der Waals surface area (Å²) in [7, 11) is 1.49. The number of hydrogen-bond acceptors (Lipinski definition) is 3. The van der Waals surface area contributed by atoms with Gasteiger partial charge in [-0.3, -0.25) is 0 Å². The van der Waals surface area contributed by atoms with Crippen molar-refractivity contribution in [2.45, 2.75) is 12.8 Å². The topological polar surface area (TPSA) is 67.8 Å². The number of para-hydroxylation sites is 1. The molecule has 1 unspecified atom stereocenters. The summed E-state index contributed by atoms with van der Waals surface area (Å²) in [6, 6.07) is 7.10. The van der Waals surface area contributed by atoms with E-state index in [0.29, 0.717) is 5.75 Å². The molecule has 94 valence electrons. The maximum absolute atomic E-state index is 10.4. The maximum atomic E-state index is 10.4. The first-order valence-corrected chi connectivity index (χ1v) is 5.51. The predicted molar refractivity (Wildman–Crippen MR) is 63.5 cm³/mol. The number of rotatable bonds is 6. The Morgan fingerprint density at radius 2 is 2.24 bits per heavy atom. The van der Waals surface area contributed by atoms with E-state index in [1.54, 1.807) is 24.3 Å². The summed E-state index contributed by atoms with van der Waals surface area (Å²) in [5.74, 6) is 0.741. The predicted octanol–water partition coefficient (Wildman–Crippen LogP) is 2.04. The minimum Gasteiger partial charge on any atom is -0.465 e. The van der Waals surface area contributed by atoms with Crippen molar-refractivity contribution in [2.24, 2.45) is 0 Å². The van der Waals surface area contributed by atoms with E-state index in [1.165, 1.54) is 7.11 Å². The molecule has 0 spiro atoms. The maximum Gasteiger partial charge on any atom is 0.404 e. The first kappa shape index (κ1) is 13.6. The van der Waals surface area contributed by atoms with Crippen LogP contribution in [0.15, 0.2) is 24.3 Å². The number of carboxylic acid groups (broad SMARTS) is 1. The molecule has 0 saturated carbocycles. The molecule has 0 aromatic heterocycles. The lowest BCUT2D eigenvalue weighted by Gasteiger charge is -2.17. The van der Waals surface area contributed by atoms with Gasteiger partial charge in [0, 0.05) is 19.2 Å². The second kappa shape index (κ2) is 6.98. The number of ether oxygens (including phenoxy) is 2. The molecule has 0 bridgehead atoms. The fourth-order valence-corrected chi connectivity index (χ4v) is 1.41. The summed E-state index contributed by atoms with van der Waals surface area (Å²) in [6.45, 7) is 0.171. The fraction of sp³-hybridized carbons (Fsp3) is 0.364. The third kappa shape index (κ3) is 4.50. The zero-order chi connectivity index (χ0) is 12.7. The molecule has 0 aliphatic heterocycles. The molecule has 0 aliphatic carbocycles. The Morgan fingerprint density at radius 3 is 2.82 bits per heavy atom. The zero-order valence-electron chi connectivity index (χ0n) is 9.35. The van der Waals surface area contributed by atoms with Gasteiger partial charge in [0.1, 0.15) is 5.75 Å². The van der Waals surface area contributed by atoms with Crippen molar-refractivity contribution in [3.05, 3.63) is 29.8 Å². The average Bonchev–Trinajstić information content (AvgIpc) is 2.34. The van der Waals surface area contributed by atoms with Crippen molar-refractivity contribution < 1.29 is 19.4 Å². The highest BCUT2D eigenvalue weighted by Gasteiger charge is 2.10. The van der Waals surface area contributed by atoms with Gasteiger partial charge in [0.2, 0.25) is 6.29 Å². The molecule has 5 nitrogen and oxygen atoms in total. The zero-order valence-corrected chi connectivity index (χ0v) is 10.1. The van der Waals surface area contributed by atoms with E-state index in [1.807, 2.05) is 0 Å². The van der Waals surface area contributed by atoms with Gasteiger partial charge in [0.15, 0.2) is 0 Å². The van der Waals surface area contributed by atoms with E-state index < -0.39 is 12.4 Å². The third-order valence-electron chi connectivity index (χ3n) is 2.05. The average molecular weight is 260 g/mol. The number of halogens is 1. The first-order chi connectivity index (χ1) is 8.17. The summed E-state index contributed by atoms with van der Waals surface area (Å²) in [5.41, 5.74) is 0.724. The van der Waals surface area contributed by atoms with Crippen LogP contribution in [0.5, 0.6) is 5.75 Å². The number of hydrogen-bond donors (Lipinski definition) is 2. The first-order valence-electron chi connectivity index (χ1n) is 4.97. The Kier molecular flexibility index (Phi) is 5.59. The quantitative estimate of drug-likeness (QED) is 0.606. The molecule has 1 amide bonds. The molecule has 1 rings (SSSR count). The lowest BCUT2D eigenvalue weighted by Crippen LogP contribution is -2.23. The minimum atomic E-state index is -1.08. The lowest BCUT2D eigenvalue weighted by atomic mass is 10.2. The van der Waals surface area contributed by atoms with Crippen LogP contribution in [-0.4, -0.2) is 30.5 Å². The molecule has 0 radical (unpaired) electrons. The van der Waals surface area contributed by atoms with Gasteiger partial charge in [-0.25, -0.2) is 4.79 Å². The highest BCUT2D eigenvalue weighted by atomic mass is 35.5. The molecule has 2 N–H and O–H groups in total. The molecular formula is C11H14ClNO4. The van der Waals surface area contributed by atoms with Crippen molar-refractivity contribution in [2.75, 3.05) is 13.0 Å². The van der Waals surface area contributed by atoms with Crippen molar-refractivity contribution in [3.8, 4) is 5.75 Å². The van der Waals surface area contributed by atoms with E-state index in [9.17, 15) is 4.79 Å². The van der Waals surface area contributed by atoms with Crippen molar-refractivity contribution in [1.82, 2.24) is 5.32 Å². The number of amides is 1. The molecule has 1 aromatic carbocycles. The van der Waals surface area contributed by atoms with Crippen LogP contribution in [0.1, 0.15) is 5.56 Å². The highest BCUT2D eigenvalue weighted by Crippen LogP contribution is 2.19. The number of methoxy groups -OCH3 is 1. The molecule has 17 heavy (non-hydrogen) atoms. The van der Waals surface area contributed by atoms with Gasteiger partial charge in [0.05, 0.1) is 5.88 Å². The van der Waals surface area contributed by atoms with Gasteiger partial charge >= 0.3 is 6.09 Å². The van der Waals surface area contributed by atoms with Crippen molar-refractivity contribution in [3.63, 3.8) is 0 Å². The fourth-order valence-electron chi connectivity index (χ4n) is 1.22. The van der Waals surface area contributed by atoms with Gasteiger partial charge in [-0.1, -0.05) is 18.2 Å². The Morgan fingerprint density at radius 1 is 1.53 bits per heavy atom. The molecule has 6 heteroatoms.